The van der Waals surface area contributed by atoms with Crippen molar-refractivity contribution in [1.29, 1.82) is 0 Å². The van der Waals surface area contributed by atoms with Crippen LogP contribution in [0.1, 0.15) is 26.2 Å². The van der Waals surface area contributed by atoms with E-state index >= 15 is 0 Å². The van der Waals surface area contributed by atoms with Crippen LogP contribution in [0.3, 0.4) is 0 Å². The molecule has 0 bridgehead atoms. The maximum Gasteiger partial charge on any atom is 0.249 e. The van der Waals surface area contributed by atoms with Crippen molar-refractivity contribution in [2.45, 2.75) is 31.4 Å². The Balaban J connectivity index is 3.67. The first-order chi connectivity index (χ1) is 6.76. The average Bonchev–Trinajstić information content (AvgIpc) is 2.21. The monoisotopic (exact) mass is 220 g/mol. The highest BCUT2D eigenvalue weighted by Crippen LogP contribution is 2.14. The smallest absolute Gasteiger partial charge is 0.249 e. The second kappa shape index (κ2) is 9.30. The van der Waals surface area contributed by atoms with Crippen LogP contribution in [0.25, 0.3) is 0 Å². The van der Waals surface area contributed by atoms with Gasteiger partial charge >= 0.3 is 0 Å². The van der Waals surface area contributed by atoms with E-state index in [-0.39, 0.29) is 11.2 Å². The lowest BCUT2D eigenvalue weighted by molar-refractivity contribution is -0.121. The number of thioether (sulfide) groups is 1. The minimum Gasteiger partial charge on any atom is -0.383 e. The van der Waals surface area contributed by atoms with Crippen molar-refractivity contribution in [1.82, 2.24) is 5.43 Å². The molecule has 3 N–H and O–H groups in total. The SMILES string of the molecule is CCCCCSC(COC)C(=O)NN. The Bertz CT molecular complexity index is 156. The average molecular weight is 220 g/mol. The fourth-order valence-corrected chi connectivity index (χ4v) is 2.13. The molecule has 0 spiro atoms. The van der Waals surface area contributed by atoms with Crippen LogP contribution in [0.4, 0.5) is 0 Å². The lowest BCUT2D eigenvalue weighted by Gasteiger charge is -2.13. The normalized spacial score (nSPS) is 12.5. The van der Waals surface area contributed by atoms with Gasteiger partial charge in [0.25, 0.3) is 0 Å². The summed E-state index contributed by atoms with van der Waals surface area (Å²) in [5.41, 5.74) is 2.15. The van der Waals surface area contributed by atoms with Crippen molar-refractivity contribution >= 4 is 17.7 Å². The largest absolute Gasteiger partial charge is 0.383 e. The van der Waals surface area contributed by atoms with Crippen LogP contribution in [0.15, 0.2) is 0 Å². The highest BCUT2D eigenvalue weighted by molar-refractivity contribution is 8.00. The number of nitrogens with two attached hydrogens (primary N) is 1. The summed E-state index contributed by atoms with van der Waals surface area (Å²) in [5.74, 6) is 5.89. The van der Waals surface area contributed by atoms with Gasteiger partial charge in [0, 0.05) is 7.11 Å². The molecule has 0 radical (unpaired) electrons. The van der Waals surface area contributed by atoms with E-state index in [0.29, 0.717) is 6.61 Å². The molecule has 0 heterocycles. The number of amides is 1. The topological polar surface area (TPSA) is 64.3 Å². The number of carbonyl (C=O) groups is 1. The summed E-state index contributed by atoms with van der Waals surface area (Å²) >= 11 is 1.60. The van der Waals surface area contributed by atoms with Gasteiger partial charge in [0.05, 0.1) is 6.61 Å². The lowest BCUT2D eigenvalue weighted by atomic mass is 10.3. The third-order valence-corrected chi connectivity index (χ3v) is 3.10. The Morgan fingerprint density at radius 3 is 2.79 bits per heavy atom. The first-order valence-corrected chi connectivity index (χ1v) is 5.92. The number of carbonyl (C=O) groups excluding carboxylic acids is 1. The Morgan fingerprint density at radius 1 is 1.57 bits per heavy atom. The number of rotatable bonds is 8. The molecular formula is C9H20N2O2S. The molecule has 1 atom stereocenters. The predicted molar refractivity (Wildman–Crippen MR) is 60.0 cm³/mol. The van der Waals surface area contributed by atoms with Crippen LogP contribution in [-0.2, 0) is 9.53 Å². The zero-order valence-corrected chi connectivity index (χ0v) is 9.73. The molecule has 0 rings (SSSR count). The molecule has 14 heavy (non-hydrogen) atoms. The molecule has 0 aliphatic heterocycles. The van der Waals surface area contributed by atoms with E-state index < -0.39 is 0 Å². The maximum absolute atomic E-state index is 11.2. The molecule has 4 nitrogen and oxygen atoms in total. The fraction of sp³-hybridized carbons (Fsp3) is 0.889. The van der Waals surface area contributed by atoms with Gasteiger partial charge in [0.2, 0.25) is 5.91 Å². The Morgan fingerprint density at radius 2 is 2.29 bits per heavy atom. The second-order valence-electron chi connectivity index (χ2n) is 3.03. The summed E-state index contributed by atoms with van der Waals surface area (Å²) in [6.45, 7) is 2.57. The number of unbranched alkanes of at least 4 members (excludes halogenated alkanes) is 2. The van der Waals surface area contributed by atoms with Crippen LogP contribution in [0, 0.1) is 0 Å². The van der Waals surface area contributed by atoms with E-state index in [1.54, 1.807) is 18.9 Å². The summed E-state index contributed by atoms with van der Waals surface area (Å²) < 4.78 is 4.95. The van der Waals surface area contributed by atoms with Crippen molar-refractivity contribution in [3.8, 4) is 0 Å². The highest BCUT2D eigenvalue weighted by atomic mass is 32.2. The summed E-state index contributed by atoms with van der Waals surface area (Å²) in [7, 11) is 1.59. The van der Waals surface area contributed by atoms with Gasteiger partial charge in [-0.15, -0.1) is 11.8 Å². The molecule has 5 heteroatoms. The standard InChI is InChI=1S/C9H20N2O2S/c1-3-4-5-6-14-8(7-13-2)9(12)11-10/h8H,3-7,10H2,1-2H3,(H,11,12). The van der Waals surface area contributed by atoms with E-state index in [1.807, 2.05) is 0 Å². The van der Waals surface area contributed by atoms with Gasteiger partial charge in [-0.1, -0.05) is 19.8 Å². The first kappa shape index (κ1) is 13.7. The van der Waals surface area contributed by atoms with Gasteiger partial charge in [0.1, 0.15) is 5.25 Å². The number of nitrogens with one attached hydrogen (secondary N) is 1. The number of ether oxygens (including phenoxy) is 1. The molecule has 0 aromatic carbocycles. The van der Waals surface area contributed by atoms with Gasteiger partial charge < -0.3 is 4.74 Å². The molecule has 0 aromatic heterocycles. The molecule has 84 valence electrons. The number of hydrogen-bond donors (Lipinski definition) is 2. The van der Waals surface area contributed by atoms with Gasteiger partial charge in [-0.2, -0.15) is 0 Å². The van der Waals surface area contributed by atoms with Crippen LogP contribution in [-0.4, -0.2) is 30.6 Å². The molecule has 0 saturated carbocycles. The first-order valence-electron chi connectivity index (χ1n) is 4.87. The van der Waals surface area contributed by atoms with Gasteiger partial charge in [0.15, 0.2) is 0 Å². The zero-order valence-electron chi connectivity index (χ0n) is 8.91. The van der Waals surface area contributed by atoms with E-state index in [1.165, 1.54) is 12.8 Å². The Kier molecular flexibility index (Phi) is 9.13. The number of hydrazine groups is 1. The van der Waals surface area contributed by atoms with E-state index in [2.05, 4.69) is 12.3 Å². The molecule has 0 fully saturated rings. The lowest BCUT2D eigenvalue weighted by Crippen LogP contribution is -2.39. The number of methoxy groups -OCH3 is 1. The van der Waals surface area contributed by atoms with Gasteiger partial charge in [-0.05, 0) is 12.2 Å². The van der Waals surface area contributed by atoms with E-state index in [9.17, 15) is 4.79 Å². The molecule has 0 saturated heterocycles. The third-order valence-electron chi connectivity index (χ3n) is 1.82. The van der Waals surface area contributed by atoms with Crippen LogP contribution in [0.2, 0.25) is 0 Å². The highest BCUT2D eigenvalue weighted by Gasteiger charge is 2.16. The van der Waals surface area contributed by atoms with Crippen molar-refractivity contribution in [3.63, 3.8) is 0 Å². The van der Waals surface area contributed by atoms with E-state index in [0.717, 1.165) is 12.2 Å². The zero-order chi connectivity index (χ0) is 10.8. The fourth-order valence-electron chi connectivity index (χ4n) is 1.02. The molecule has 0 aliphatic rings. The predicted octanol–water partition coefficient (Wildman–Crippen LogP) is 0.915. The van der Waals surface area contributed by atoms with Crippen molar-refractivity contribution < 1.29 is 9.53 Å². The van der Waals surface area contributed by atoms with Gasteiger partial charge in [-0.25, -0.2) is 5.84 Å². The van der Waals surface area contributed by atoms with Crippen LogP contribution >= 0.6 is 11.8 Å². The van der Waals surface area contributed by atoms with Crippen LogP contribution < -0.4 is 11.3 Å². The Hall–Kier alpha value is -0.260. The van der Waals surface area contributed by atoms with E-state index in [4.69, 9.17) is 10.6 Å². The molecule has 1 amide bonds. The second-order valence-corrected chi connectivity index (χ2v) is 4.34. The molecule has 0 aliphatic carbocycles. The quantitative estimate of drug-likeness (QED) is 0.276. The summed E-state index contributed by atoms with van der Waals surface area (Å²) in [4.78, 5) is 11.2. The minimum absolute atomic E-state index is 0.159. The third kappa shape index (κ3) is 6.23. The summed E-state index contributed by atoms with van der Waals surface area (Å²) in [5, 5.41) is -0.179. The van der Waals surface area contributed by atoms with Crippen LogP contribution in [0.5, 0.6) is 0 Å². The number of hydrogen-bond acceptors (Lipinski definition) is 4. The van der Waals surface area contributed by atoms with Crippen molar-refractivity contribution in [2.75, 3.05) is 19.5 Å². The molecular weight excluding hydrogens is 200 g/mol. The Labute approximate surface area is 89.9 Å². The maximum atomic E-state index is 11.2. The van der Waals surface area contributed by atoms with Crippen molar-refractivity contribution in [3.05, 3.63) is 0 Å². The van der Waals surface area contributed by atoms with Crippen molar-refractivity contribution in [2.24, 2.45) is 5.84 Å². The summed E-state index contributed by atoms with van der Waals surface area (Å²) in [6, 6.07) is 0. The minimum atomic E-state index is -0.179. The van der Waals surface area contributed by atoms with Gasteiger partial charge in [-0.3, -0.25) is 10.2 Å². The summed E-state index contributed by atoms with van der Waals surface area (Å²) in [6.07, 6.45) is 3.54. The molecule has 1 unspecified atom stereocenters. The molecule has 0 aromatic rings.